The molecule has 0 spiro atoms. The van der Waals surface area contributed by atoms with Gasteiger partial charge >= 0.3 is 0 Å². The lowest BCUT2D eigenvalue weighted by atomic mass is 10.3. The second-order valence-electron chi connectivity index (χ2n) is 3.82. The fourth-order valence-corrected chi connectivity index (χ4v) is 1.82. The van der Waals surface area contributed by atoms with E-state index in [-0.39, 0.29) is 0 Å². The lowest BCUT2D eigenvalue weighted by molar-refractivity contribution is 0.263. The Kier molecular flexibility index (Phi) is 3.63. The maximum absolute atomic E-state index is 12.7. The lowest BCUT2D eigenvalue weighted by Crippen LogP contribution is -2.48. The van der Waals surface area contributed by atoms with Gasteiger partial charge < -0.3 is 10.6 Å². The highest BCUT2D eigenvalue weighted by Gasteiger charge is 2.17. The third-order valence-corrected chi connectivity index (χ3v) is 2.71. The second kappa shape index (κ2) is 5.18. The van der Waals surface area contributed by atoms with Gasteiger partial charge in [0.05, 0.1) is 12.4 Å². The van der Waals surface area contributed by atoms with Gasteiger partial charge in [-0.25, -0.2) is 14.4 Å². The van der Waals surface area contributed by atoms with Crippen LogP contribution in [0, 0.1) is 5.82 Å². The molecule has 1 saturated heterocycles. The molecule has 2 heterocycles. The van der Waals surface area contributed by atoms with Crippen LogP contribution in [0.3, 0.4) is 0 Å². The summed E-state index contributed by atoms with van der Waals surface area (Å²) >= 11 is 0. The summed E-state index contributed by atoms with van der Waals surface area (Å²) < 4.78 is 12.7. The van der Waals surface area contributed by atoms with Crippen LogP contribution in [0.5, 0.6) is 0 Å². The Labute approximate surface area is 94.1 Å². The highest BCUT2D eigenvalue weighted by Crippen LogP contribution is 2.09. The van der Waals surface area contributed by atoms with Gasteiger partial charge in [0, 0.05) is 39.3 Å². The first-order valence-electron chi connectivity index (χ1n) is 5.44. The molecule has 16 heavy (non-hydrogen) atoms. The van der Waals surface area contributed by atoms with E-state index in [1.807, 2.05) is 0 Å². The van der Waals surface area contributed by atoms with E-state index in [1.54, 1.807) is 0 Å². The molecule has 88 valence electrons. The largest absolute Gasteiger partial charge is 0.338 e. The van der Waals surface area contributed by atoms with E-state index < -0.39 is 5.82 Å². The SMILES string of the molecule is NCCN1CCN(c2ncc(F)cn2)CC1. The van der Waals surface area contributed by atoms with Crippen molar-refractivity contribution in [3.63, 3.8) is 0 Å². The molecule has 0 saturated carbocycles. The molecule has 1 aromatic rings. The molecule has 0 atom stereocenters. The van der Waals surface area contributed by atoms with Gasteiger partial charge in [-0.05, 0) is 0 Å². The van der Waals surface area contributed by atoms with Crippen molar-refractivity contribution in [1.82, 2.24) is 14.9 Å². The average Bonchev–Trinajstić information content (AvgIpc) is 2.32. The van der Waals surface area contributed by atoms with Crippen LogP contribution < -0.4 is 10.6 Å². The molecule has 1 aromatic heterocycles. The van der Waals surface area contributed by atoms with Crippen molar-refractivity contribution in [2.45, 2.75) is 0 Å². The summed E-state index contributed by atoms with van der Waals surface area (Å²) in [5.41, 5.74) is 5.50. The molecule has 6 heteroatoms. The van der Waals surface area contributed by atoms with Crippen molar-refractivity contribution in [2.24, 2.45) is 5.73 Å². The Hall–Kier alpha value is -1.27. The minimum Gasteiger partial charge on any atom is -0.338 e. The quantitative estimate of drug-likeness (QED) is 0.765. The minimum absolute atomic E-state index is 0.398. The summed E-state index contributed by atoms with van der Waals surface area (Å²) in [6.45, 7) is 5.26. The van der Waals surface area contributed by atoms with E-state index in [4.69, 9.17) is 5.73 Å². The highest BCUT2D eigenvalue weighted by molar-refractivity contribution is 5.29. The molecule has 1 fully saturated rings. The Morgan fingerprint density at radius 1 is 1.19 bits per heavy atom. The van der Waals surface area contributed by atoms with Crippen molar-refractivity contribution >= 4 is 5.95 Å². The number of aromatic nitrogens is 2. The van der Waals surface area contributed by atoms with E-state index >= 15 is 0 Å². The Morgan fingerprint density at radius 3 is 2.38 bits per heavy atom. The number of hydrogen-bond donors (Lipinski definition) is 1. The zero-order chi connectivity index (χ0) is 11.4. The van der Waals surface area contributed by atoms with Crippen molar-refractivity contribution in [1.29, 1.82) is 0 Å². The number of nitrogens with zero attached hydrogens (tertiary/aromatic N) is 4. The van der Waals surface area contributed by atoms with E-state index in [9.17, 15) is 4.39 Å². The molecule has 1 aliphatic heterocycles. The first-order chi connectivity index (χ1) is 7.79. The molecule has 0 aromatic carbocycles. The predicted octanol–water partition coefficient (Wildman–Crippen LogP) is -0.304. The number of piperazine rings is 1. The van der Waals surface area contributed by atoms with Crippen LogP contribution in [0.2, 0.25) is 0 Å². The van der Waals surface area contributed by atoms with Gasteiger partial charge in [0.1, 0.15) is 0 Å². The van der Waals surface area contributed by atoms with Gasteiger partial charge in [-0.3, -0.25) is 4.90 Å². The maximum Gasteiger partial charge on any atom is 0.225 e. The third-order valence-electron chi connectivity index (χ3n) is 2.71. The Balaban J connectivity index is 1.91. The fourth-order valence-electron chi connectivity index (χ4n) is 1.82. The van der Waals surface area contributed by atoms with Crippen LogP contribution in [0.15, 0.2) is 12.4 Å². The van der Waals surface area contributed by atoms with E-state index in [0.717, 1.165) is 32.7 Å². The first kappa shape index (κ1) is 11.2. The molecule has 0 bridgehead atoms. The van der Waals surface area contributed by atoms with Crippen LogP contribution in [-0.4, -0.2) is 54.1 Å². The summed E-state index contributed by atoms with van der Waals surface area (Å²) in [5, 5.41) is 0. The highest BCUT2D eigenvalue weighted by atomic mass is 19.1. The molecule has 5 nitrogen and oxygen atoms in total. The van der Waals surface area contributed by atoms with Gasteiger partial charge in [0.25, 0.3) is 0 Å². The summed E-state index contributed by atoms with van der Waals surface area (Å²) in [4.78, 5) is 12.3. The van der Waals surface area contributed by atoms with E-state index in [1.165, 1.54) is 12.4 Å². The van der Waals surface area contributed by atoms with Crippen molar-refractivity contribution in [3.8, 4) is 0 Å². The molecule has 2 N–H and O–H groups in total. The number of nitrogens with two attached hydrogens (primary N) is 1. The molecule has 0 unspecified atom stereocenters. The second-order valence-corrected chi connectivity index (χ2v) is 3.82. The minimum atomic E-state index is -0.398. The Bertz CT molecular complexity index is 320. The normalized spacial score (nSPS) is 17.8. The summed E-state index contributed by atoms with van der Waals surface area (Å²) in [6.07, 6.45) is 2.41. The fraction of sp³-hybridized carbons (Fsp3) is 0.600. The van der Waals surface area contributed by atoms with E-state index in [2.05, 4.69) is 19.8 Å². The number of hydrogen-bond acceptors (Lipinski definition) is 5. The predicted molar refractivity (Wildman–Crippen MR) is 59.7 cm³/mol. The molecular formula is C10H16FN5. The van der Waals surface area contributed by atoms with E-state index in [0.29, 0.717) is 12.5 Å². The lowest BCUT2D eigenvalue weighted by Gasteiger charge is -2.34. The standard InChI is InChI=1S/C10H16FN5/c11-9-7-13-10(14-8-9)16-5-3-15(2-1-12)4-6-16/h7-8H,1-6,12H2. The smallest absolute Gasteiger partial charge is 0.225 e. The maximum atomic E-state index is 12.7. The number of rotatable bonds is 3. The zero-order valence-corrected chi connectivity index (χ0v) is 9.14. The third kappa shape index (κ3) is 2.65. The van der Waals surface area contributed by atoms with Gasteiger partial charge in [-0.1, -0.05) is 0 Å². The van der Waals surface area contributed by atoms with Crippen LogP contribution in [-0.2, 0) is 0 Å². The summed E-state index contributed by atoms with van der Waals surface area (Å²) in [7, 11) is 0. The van der Waals surface area contributed by atoms with Crippen LogP contribution in [0.4, 0.5) is 10.3 Å². The topological polar surface area (TPSA) is 58.3 Å². The van der Waals surface area contributed by atoms with Gasteiger partial charge in [-0.2, -0.15) is 0 Å². The monoisotopic (exact) mass is 225 g/mol. The summed E-state index contributed by atoms with van der Waals surface area (Å²) in [6, 6.07) is 0. The number of anilines is 1. The molecular weight excluding hydrogens is 209 g/mol. The average molecular weight is 225 g/mol. The Morgan fingerprint density at radius 2 is 1.81 bits per heavy atom. The van der Waals surface area contributed by atoms with Gasteiger partial charge in [0.15, 0.2) is 5.82 Å². The molecule has 0 amide bonds. The van der Waals surface area contributed by atoms with Crippen LogP contribution in [0.1, 0.15) is 0 Å². The number of halogens is 1. The van der Waals surface area contributed by atoms with Gasteiger partial charge in [-0.15, -0.1) is 0 Å². The van der Waals surface area contributed by atoms with Crippen LogP contribution >= 0.6 is 0 Å². The molecule has 1 aliphatic rings. The van der Waals surface area contributed by atoms with Gasteiger partial charge in [0.2, 0.25) is 5.95 Å². The molecule has 0 aliphatic carbocycles. The molecule has 2 rings (SSSR count). The summed E-state index contributed by atoms with van der Waals surface area (Å²) in [5.74, 6) is 0.208. The van der Waals surface area contributed by atoms with Crippen molar-refractivity contribution in [3.05, 3.63) is 18.2 Å². The van der Waals surface area contributed by atoms with Crippen LogP contribution in [0.25, 0.3) is 0 Å². The first-order valence-corrected chi connectivity index (χ1v) is 5.44. The zero-order valence-electron chi connectivity index (χ0n) is 9.14. The van der Waals surface area contributed by atoms with Crippen molar-refractivity contribution < 1.29 is 4.39 Å². The molecule has 0 radical (unpaired) electrons. The van der Waals surface area contributed by atoms with Crippen molar-refractivity contribution in [2.75, 3.05) is 44.2 Å².